The Morgan fingerprint density at radius 3 is 2.67 bits per heavy atom. The quantitative estimate of drug-likeness (QED) is 0.573. The van der Waals surface area contributed by atoms with Gasteiger partial charge < -0.3 is 10.4 Å². The number of sulfonamides is 1. The molecule has 0 aliphatic rings. The summed E-state index contributed by atoms with van der Waals surface area (Å²) in [5, 5.41) is 14.9. The first-order valence-corrected chi connectivity index (χ1v) is 7.72. The van der Waals surface area contributed by atoms with E-state index in [1.165, 1.54) is 0 Å². The van der Waals surface area contributed by atoms with Crippen molar-refractivity contribution in [2.24, 2.45) is 0 Å². The lowest BCUT2D eigenvalue weighted by Gasteiger charge is -2.08. The molecule has 0 aromatic carbocycles. The summed E-state index contributed by atoms with van der Waals surface area (Å²) in [6.45, 7) is 3.13. The maximum atomic E-state index is 11.9. The zero-order chi connectivity index (χ0) is 16.0. The van der Waals surface area contributed by atoms with Crippen LogP contribution in [-0.2, 0) is 26.2 Å². The minimum atomic E-state index is -3.81. The Labute approximate surface area is 122 Å². The second-order valence-corrected chi connectivity index (χ2v) is 6.40. The Hall–Kier alpha value is -1.94. The van der Waals surface area contributed by atoms with Gasteiger partial charge in [0.15, 0.2) is 0 Å². The predicted octanol–water partition coefficient (Wildman–Crippen LogP) is -0.839. The molecule has 9 nitrogen and oxygen atoms in total. The standard InChI is InChI=1S/C11H18N4O5S/c1-8(2)14-10(16)3-4-13-21(19,20)9-5-12-15(6-9)7-11(17)18/h5-6,8,13H,3-4,7H2,1-2H3,(H,14,16)(H,17,18). The number of amides is 1. The van der Waals surface area contributed by atoms with E-state index in [0.717, 1.165) is 17.1 Å². The molecule has 0 fully saturated rings. The monoisotopic (exact) mass is 318 g/mol. The Balaban J connectivity index is 2.55. The van der Waals surface area contributed by atoms with Crippen molar-refractivity contribution < 1.29 is 23.1 Å². The van der Waals surface area contributed by atoms with Gasteiger partial charge in [0.05, 0.1) is 6.20 Å². The van der Waals surface area contributed by atoms with Crippen molar-refractivity contribution in [3.63, 3.8) is 0 Å². The number of aliphatic carboxylic acids is 1. The highest BCUT2D eigenvalue weighted by Crippen LogP contribution is 2.06. The van der Waals surface area contributed by atoms with Crippen molar-refractivity contribution in [2.45, 2.75) is 37.8 Å². The summed E-state index contributed by atoms with van der Waals surface area (Å²) in [6, 6.07) is -0.0108. The third-order valence-electron chi connectivity index (χ3n) is 2.31. The molecule has 0 saturated heterocycles. The number of carbonyl (C=O) groups is 2. The summed E-state index contributed by atoms with van der Waals surface area (Å²) in [5.41, 5.74) is 0. The zero-order valence-electron chi connectivity index (χ0n) is 11.7. The molecular formula is C11H18N4O5S. The number of hydrogen-bond donors (Lipinski definition) is 3. The lowest BCUT2D eigenvalue weighted by molar-refractivity contribution is -0.137. The average molecular weight is 318 g/mol. The van der Waals surface area contributed by atoms with E-state index in [1.54, 1.807) is 13.8 Å². The summed E-state index contributed by atoms with van der Waals surface area (Å²) >= 11 is 0. The van der Waals surface area contributed by atoms with Crippen molar-refractivity contribution in [1.82, 2.24) is 19.8 Å². The highest BCUT2D eigenvalue weighted by Gasteiger charge is 2.17. The van der Waals surface area contributed by atoms with Crippen LogP contribution in [0, 0.1) is 0 Å². The van der Waals surface area contributed by atoms with E-state index < -0.39 is 22.5 Å². The molecule has 3 N–H and O–H groups in total. The molecule has 1 rings (SSSR count). The largest absolute Gasteiger partial charge is 0.480 e. The number of carbonyl (C=O) groups excluding carboxylic acids is 1. The molecule has 0 unspecified atom stereocenters. The van der Waals surface area contributed by atoms with Crippen molar-refractivity contribution in [3.05, 3.63) is 12.4 Å². The zero-order valence-corrected chi connectivity index (χ0v) is 12.6. The van der Waals surface area contributed by atoms with Gasteiger partial charge in [0.1, 0.15) is 11.4 Å². The van der Waals surface area contributed by atoms with Gasteiger partial charge in [0.25, 0.3) is 0 Å². The summed E-state index contributed by atoms with van der Waals surface area (Å²) < 4.78 is 27.0. The molecule has 118 valence electrons. The first kappa shape index (κ1) is 17.1. The van der Waals surface area contributed by atoms with Crippen molar-refractivity contribution >= 4 is 21.9 Å². The Bertz CT molecular complexity index is 608. The fraction of sp³-hybridized carbons (Fsp3) is 0.545. The molecule has 1 amide bonds. The summed E-state index contributed by atoms with van der Waals surface area (Å²) in [7, 11) is -3.81. The van der Waals surface area contributed by atoms with Crippen LogP contribution in [0.15, 0.2) is 17.3 Å². The first-order valence-electron chi connectivity index (χ1n) is 6.24. The van der Waals surface area contributed by atoms with Crippen LogP contribution in [0.2, 0.25) is 0 Å². The SMILES string of the molecule is CC(C)NC(=O)CCNS(=O)(=O)c1cnn(CC(=O)O)c1. The molecule has 0 spiro atoms. The number of aromatic nitrogens is 2. The molecule has 0 aliphatic carbocycles. The number of hydrogen-bond acceptors (Lipinski definition) is 5. The number of nitrogens with zero attached hydrogens (tertiary/aromatic N) is 2. The van der Waals surface area contributed by atoms with Crippen LogP contribution < -0.4 is 10.0 Å². The summed E-state index contributed by atoms with van der Waals surface area (Å²) in [5.74, 6) is -1.38. The molecule has 0 aliphatic heterocycles. The van der Waals surface area contributed by atoms with Crippen LogP contribution in [0.5, 0.6) is 0 Å². The molecule has 0 saturated carbocycles. The van der Waals surface area contributed by atoms with Gasteiger partial charge >= 0.3 is 5.97 Å². The molecule has 1 aromatic rings. The van der Waals surface area contributed by atoms with E-state index in [-0.39, 0.29) is 29.8 Å². The second kappa shape index (κ2) is 7.18. The van der Waals surface area contributed by atoms with Gasteiger partial charge in [-0.05, 0) is 13.8 Å². The van der Waals surface area contributed by atoms with Crippen LogP contribution in [-0.4, -0.2) is 47.8 Å². The molecular weight excluding hydrogens is 300 g/mol. The van der Waals surface area contributed by atoms with Crippen LogP contribution in [0.1, 0.15) is 20.3 Å². The Morgan fingerprint density at radius 1 is 1.43 bits per heavy atom. The number of carboxylic acids is 1. The second-order valence-electron chi connectivity index (χ2n) is 4.64. The van der Waals surface area contributed by atoms with Gasteiger partial charge in [0.2, 0.25) is 15.9 Å². The lowest BCUT2D eigenvalue weighted by atomic mass is 10.3. The number of nitrogens with one attached hydrogen (secondary N) is 2. The van der Waals surface area contributed by atoms with Crippen LogP contribution in [0.4, 0.5) is 0 Å². The number of rotatable bonds is 8. The van der Waals surface area contributed by atoms with E-state index in [9.17, 15) is 18.0 Å². The van der Waals surface area contributed by atoms with Gasteiger partial charge in [-0.3, -0.25) is 14.3 Å². The normalized spacial score (nSPS) is 11.6. The van der Waals surface area contributed by atoms with E-state index in [2.05, 4.69) is 15.1 Å². The first-order chi connectivity index (χ1) is 9.70. The third-order valence-corrected chi connectivity index (χ3v) is 3.73. The molecule has 0 atom stereocenters. The molecule has 1 heterocycles. The van der Waals surface area contributed by atoms with Crippen LogP contribution in [0.25, 0.3) is 0 Å². The maximum Gasteiger partial charge on any atom is 0.325 e. The van der Waals surface area contributed by atoms with Crippen LogP contribution >= 0.6 is 0 Å². The molecule has 10 heteroatoms. The van der Waals surface area contributed by atoms with Gasteiger partial charge in [-0.2, -0.15) is 5.10 Å². The fourth-order valence-corrected chi connectivity index (χ4v) is 2.47. The summed E-state index contributed by atoms with van der Waals surface area (Å²) in [4.78, 5) is 21.7. The lowest BCUT2D eigenvalue weighted by Crippen LogP contribution is -2.34. The molecule has 1 aromatic heterocycles. The van der Waals surface area contributed by atoms with E-state index in [4.69, 9.17) is 5.11 Å². The van der Waals surface area contributed by atoms with Gasteiger partial charge in [0, 0.05) is 25.2 Å². The average Bonchev–Trinajstić information content (AvgIpc) is 2.75. The topological polar surface area (TPSA) is 130 Å². The molecule has 21 heavy (non-hydrogen) atoms. The van der Waals surface area contributed by atoms with Crippen molar-refractivity contribution in [3.8, 4) is 0 Å². The third kappa shape index (κ3) is 5.92. The highest BCUT2D eigenvalue weighted by molar-refractivity contribution is 7.89. The summed E-state index contributed by atoms with van der Waals surface area (Å²) in [6.07, 6.45) is 2.19. The van der Waals surface area contributed by atoms with Crippen molar-refractivity contribution in [1.29, 1.82) is 0 Å². The smallest absolute Gasteiger partial charge is 0.325 e. The number of carboxylic acid groups (broad SMARTS) is 1. The van der Waals surface area contributed by atoms with Gasteiger partial charge in [-0.1, -0.05) is 0 Å². The van der Waals surface area contributed by atoms with Gasteiger partial charge in [-0.25, -0.2) is 13.1 Å². The minimum Gasteiger partial charge on any atom is -0.480 e. The maximum absolute atomic E-state index is 11.9. The Morgan fingerprint density at radius 2 is 2.10 bits per heavy atom. The van der Waals surface area contributed by atoms with Crippen molar-refractivity contribution in [2.75, 3.05) is 6.54 Å². The van der Waals surface area contributed by atoms with E-state index in [1.807, 2.05) is 0 Å². The minimum absolute atomic E-state index is 0.0108. The Kier molecular flexibility index (Phi) is 5.85. The van der Waals surface area contributed by atoms with Gasteiger partial charge in [-0.15, -0.1) is 0 Å². The van der Waals surface area contributed by atoms with Crippen LogP contribution in [0.3, 0.4) is 0 Å². The molecule has 0 radical (unpaired) electrons. The highest BCUT2D eigenvalue weighted by atomic mass is 32.2. The predicted molar refractivity (Wildman–Crippen MR) is 72.9 cm³/mol. The molecule has 0 bridgehead atoms. The van der Waals surface area contributed by atoms with E-state index >= 15 is 0 Å². The van der Waals surface area contributed by atoms with E-state index in [0.29, 0.717) is 0 Å². The fourth-order valence-electron chi connectivity index (χ4n) is 1.48.